The van der Waals surface area contributed by atoms with Gasteiger partial charge in [-0.25, -0.2) is 4.79 Å². The number of rotatable bonds is 9. The average Bonchev–Trinajstić information content (AvgIpc) is 2.86. The lowest BCUT2D eigenvalue weighted by Crippen LogP contribution is -2.67. The molecule has 1 N–H and O–H groups in total. The minimum atomic E-state index is -3.06. The summed E-state index contributed by atoms with van der Waals surface area (Å²) in [6, 6.07) is 22.2. The Morgan fingerprint density at radius 2 is 1.46 bits per heavy atom. The van der Waals surface area contributed by atoms with E-state index in [0.717, 1.165) is 10.4 Å². The highest BCUT2D eigenvalue weighted by atomic mass is 28.4. The highest BCUT2D eigenvalue weighted by Crippen LogP contribution is 2.41. The van der Waals surface area contributed by atoms with Crippen molar-refractivity contribution in [3.05, 3.63) is 84.7 Å². The predicted octanol–water partition coefficient (Wildman–Crippen LogP) is 6.00. The molecule has 3 rings (SSSR count). The van der Waals surface area contributed by atoms with Gasteiger partial charge in [-0.15, -0.1) is 0 Å². The molecule has 8 heteroatoms. The molecule has 7 nitrogen and oxygen atoms in total. The van der Waals surface area contributed by atoms with E-state index in [4.69, 9.17) is 13.9 Å². The molecule has 1 atom stereocenters. The van der Waals surface area contributed by atoms with Crippen LogP contribution >= 0.6 is 0 Å². The van der Waals surface area contributed by atoms with Crippen molar-refractivity contribution in [3.63, 3.8) is 0 Å². The smallest absolute Gasteiger partial charge is 0.412 e. The predicted molar refractivity (Wildman–Crippen MR) is 157 cm³/mol. The van der Waals surface area contributed by atoms with E-state index in [2.05, 4.69) is 55.3 Å². The summed E-state index contributed by atoms with van der Waals surface area (Å²) in [5.74, 6) is -0.388. The molecule has 1 heterocycles. The summed E-state index contributed by atoms with van der Waals surface area (Å²) in [6.07, 6.45) is 1.79. The van der Waals surface area contributed by atoms with E-state index in [1.54, 1.807) is 46.2 Å². The molecule has 39 heavy (non-hydrogen) atoms. The maximum absolute atomic E-state index is 12.9. The zero-order valence-corrected chi connectivity index (χ0v) is 25.0. The van der Waals surface area contributed by atoms with E-state index in [9.17, 15) is 9.59 Å². The van der Waals surface area contributed by atoms with Crippen molar-refractivity contribution in [3.8, 4) is 0 Å². The highest BCUT2D eigenvalue weighted by molar-refractivity contribution is 6.99. The molecule has 0 bridgehead atoms. The van der Waals surface area contributed by atoms with Gasteiger partial charge in [0.25, 0.3) is 8.32 Å². The quantitative estimate of drug-likeness (QED) is 0.261. The zero-order valence-electron chi connectivity index (χ0n) is 24.0. The van der Waals surface area contributed by atoms with Crippen LogP contribution in [0.15, 0.2) is 79.1 Å². The Morgan fingerprint density at radius 1 is 0.897 bits per heavy atom. The molecule has 0 saturated carbocycles. The zero-order chi connectivity index (χ0) is 28.7. The first kappa shape index (κ1) is 30.1. The van der Waals surface area contributed by atoms with Crippen molar-refractivity contribution in [2.24, 2.45) is 0 Å². The van der Waals surface area contributed by atoms with Gasteiger partial charge in [0, 0.05) is 11.8 Å². The number of pyridine rings is 1. The molecule has 1 unspecified atom stereocenters. The minimum absolute atomic E-state index is 0.0364. The molecule has 0 saturated heterocycles. The number of ether oxygens (including phenoxy) is 2. The third kappa shape index (κ3) is 7.55. The summed E-state index contributed by atoms with van der Waals surface area (Å²) in [5.41, 5.74) is 0.359. The number of carbonyl (C=O) groups excluding carboxylic acids is 2. The SMILES string of the molecule is CCOC(=O)CC(O[Si](c1ccccc1)(c1ccccc1)C(C)(C)C)c1ccncc1NC(=O)OC(C)(C)C. The van der Waals surface area contributed by atoms with Crippen LogP contribution in [-0.4, -0.2) is 37.6 Å². The number of amides is 1. The molecular weight excluding hydrogens is 508 g/mol. The Morgan fingerprint density at radius 3 is 1.95 bits per heavy atom. The van der Waals surface area contributed by atoms with Crippen molar-refractivity contribution in [1.82, 2.24) is 4.98 Å². The molecule has 1 aromatic heterocycles. The van der Waals surface area contributed by atoms with Crippen LogP contribution in [0.25, 0.3) is 0 Å². The number of anilines is 1. The van der Waals surface area contributed by atoms with Crippen molar-refractivity contribution < 1.29 is 23.5 Å². The van der Waals surface area contributed by atoms with Gasteiger partial charge in [0.2, 0.25) is 0 Å². The largest absolute Gasteiger partial charge is 0.466 e. The second-order valence-electron chi connectivity index (χ2n) is 11.4. The van der Waals surface area contributed by atoms with Crippen molar-refractivity contribution in [1.29, 1.82) is 0 Å². The van der Waals surface area contributed by atoms with Gasteiger partial charge >= 0.3 is 12.1 Å². The van der Waals surface area contributed by atoms with E-state index in [0.29, 0.717) is 11.3 Å². The summed E-state index contributed by atoms with van der Waals surface area (Å²) < 4.78 is 18.2. The van der Waals surface area contributed by atoms with Crippen molar-refractivity contribution in [2.45, 2.75) is 71.6 Å². The second-order valence-corrected chi connectivity index (χ2v) is 15.6. The van der Waals surface area contributed by atoms with Gasteiger partial charge in [0.15, 0.2) is 0 Å². The van der Waals surface area contributed by atoms with E-state index in [-0.39, 0.29) is 24.0 Å². The standard InChI is InChI=1S/C31H40N2O5Si/c1-8-36-28(34)21-27(25-19-20-32-22-26(25)33-29(35)37-30(2,3)4)38-39(31(5,6)7,23-15-11-9-12-16-23)24-17-13-10-14-18-24/h9-20,22,27H,8,21H2,1-7H3,(H,33,35). The lowest BCUT2D eigenvalue weighted by Gasteiger charge is -2.45. The molecule has 1 amide bonds. The summed E-state index contributed by atoms with van der Waals surface area (Å²) in [7, 11) is -3.06. The Hall–Kier alpha value is -3.49. The third-order valence-corrected chi connectivity index (χ3v) is 11.3. The molecule has 3 aromatic rings. The van der Waals surface area contributed by atoms with Crippen LogP contribution in [-0.2, 0) is 18.7 Å². The fraction of sp³-hybridized carbons (Fsp3) is 0.387. The molecule has 0 aliphatic rings. The van der Waals surface area contributed by atoms with Gasteiger partial charge in [-0.1, -0.05) is 81.4 Å². The van der Waals surface area contributed by atoms with Crippen LogP contribution < -0.4 is 15.7 Å². The van der Waals surface area contributed by atoms with Crippen LogP contribution in [0.1, 0.15) is 66.6 Å². The maximum atomic E-state index is 12.9. The number of nitrogens with one attached hydrogen (secondary N) is 1. The second kappa shape index (κ2) is 12.6. The monoisotopic (exact) mass is 548 g/mol. The van der Waals surface area contributed by atoms with Gasteiger partial charge in [0.05, 0.1) is 31.0 Å². The Bertz CT molecular complexity index is 1200. The van der Waals surface area contributed by atoms with E-state index < -0.39 is 26.1 Å². The summed E-state index contributed by atoms with van der Waals surface area (Å²) >= 11 is 0. The average molecular weight is 549 g/mol. The topological polar surface area (TPSA) is 86.8 Å². The number of benzene rings is 2. The number of esters is 1. The van der Waals surface area contributed by atoms with Gasteiger partial charge in [-0.3, -0.25) is 15.1 Å². The number of hydrogen-bond acceptors (Lipinski definition) is 6. The van der Waals surface area contributed by atoms with Gasteiger partial charge < -0.3 is 13.9 Å². The molecule has 0 aliphatic carbocycles. The van der Waals surface area contributed by atoms with Crippen LogP contribution in [0.2, 0.25) is 5.04 Å². The Balaban J connectivity index is 2.20. The number of nitrogens with zero attached hydrogens (tertiary/aromatic N) is 1. The minimum Gasteiger partial charge on any atom is -0.466 e. The molecule has 0 aliphatic heterocycles. The highest BCUT2D eigenvalue weighted by Gasteiger charge is 2.52. The number of carbonyl (C=O) groups is 2. The fourth-order valence-electron chi connectivity index (χ4n) is 4.70. The van der Waals surface area contributed by atoms with E-state index >= 15 is 0 Å². The first-order valence-electron chi connectivity index (χ1n) is 13.3. The van der Waals surface area contributed by atoms with E-state index in [1.165, 1.54) is 0 Å². The molecular formula is C31H40N2O5Si. The first-order chi connectivity index (χ1) is 18.4. The van der Waals surface area contributed by atoms with Crippen LogP contribution in [0.4, 0.5) is 10.5 Å². The summed E-state index contributed by atoms with van der Waals surface area (Å²) in [4.78, 5) is 29.9. The Kier molecular flexibility index (Phi) is 9.69. The van der Waals surface area contributed by atoms with Crippen LogP contribution in [0.5, 0.6) is 0 Å². The normalized spacial score (nSPS) is 12.9. The molecule has 0 spiro atoms. The van der Waals surface area contributed by atoms with Crippen molar-refractivity contribution in [2.75, 3.05) is 11.9 Å². The Labute approximate surface area is 233 Å². The van der Waals surface area contributed by atoms with Gasteiger partial charge in [-0.2, -0.15) is 0 Å². The molecule has 2 aromatic carbocycles. The molecule has 0 fully saturated rings. The molecule has 0 radical (unpaired) electrons. The summed E-state index contributed by atoms with van der Waals surface area (Å²) in [5, 5.41) is 4.65. The van der Waals surface area contributed by atoms with Crippen molar-refractivity contribution >= 4 is 36.4 Å². The third-order valence-electron chi connectivity index (χ3n) is 6.23. The van der Waals surface area contributed by atoms with Gasteiger partial charge in [0.1, 0.15) is 5.60 Å². The lowest BCUT2D eigenvalue weighted by atomic mass is 10.1. The number of hydrogen-bond donors (Lipinski definition) is 1. The van der Waals surface area contributed by atoms with Gasteiger partial charge in [-0.05, 0) is 49.2 Å². The lowest BCUT2D eigenvalue weighted by molar-refractivity contribution is -0.145. The number of aromatic nitrogens is 1. The van der Waals surface area contributed by atoms with E-state index in [1.807, 2.05) is 36.4 Å². The maximum Gasteiger partial charge on any atom is 0.412 e. The summed E-state index contributed by atoms with van der Waals surface area (Å²) in [6.45, 7) is 13.9. The van der Waals surface area contributed by atoms with Crippen LogP contribution in [0, 0.1) is 0 Å². The first-order valence-corrected chi connectivity index (χ1v) is 15.2. The fourth-order valence-corrected chi connectivity index (χ4v) is 9.35. The van der Waals surface area contributed by atoms with Crippen LogP contribution in [0.3, 0.4) is 0 Å². The molecule has 208 valence electrons.